The summed E-state index contributed by atoms with van der Waals surface area (Å²) in [5.41, 5.74) is 5.63. The molecule has 8 aliphatic carbocycles. The first-order valence-corrected chi connectivity index (χ1v) is 42.9. The first-order valence-electron chi connectivity index (χ1n) is 42.0. The lowest BCUT2D eigenvalue weighted by Crippen LogP contribution is -2.68. The number of rotatable bonds is 23. The Balaban J connectivity index is 0.976. The van der Waals surface area contributed by atoms with Crippen molar-refractivity contribution >= 4 is 70.5 Å². The minimum atomic E-state index is -2.12. The van der Waals surface area contributed by atoms with Gasteiger partial charge in [0.25, 0.3) is 0 Å². The third-order valence-electron chi connectivity index (χ3n) is 27.2. The van der Waals surface area contributed by atoms with Crippen molar-refractivity contribution in [3.05, 3.63) is 17.7 Å². The van der Waals surface area contributed by atoms with Crippen LogP contribution in [0.4, 0.5) is 0 Å². The van der Waals surface area contributed by atoms with E-state index in [1.54, 1.807) is 7.05 Å². The largest absolute Gasteiger partial charge is 0.485 e. The number of unbranched alkanes of at least 4 members (excludes halogenated alkanes) is 7. The fourth-order valence-electron chi connectivity index (χ4n) is 21.3. The molecule has 0 radical (unpaired) electrons. The number of amides is 8. The Morgan fingerprint density at radius 3 is 1.81 bits per heavy atom. The lowest BCUT2D eigenvalue weighted by Gasteiger charge is -2.55. The van der Waals surface area contributed by atoms with Gasteiger partial charge in [0, 0.05) is 18.5 Å². The van der Waals surface area contributed by atoms with Crippen molar-refractivity contribution in [1.29, 1.82) is 0 Å². The summed E-state index contributed by atoms with van der Waals surface area (Å²) in [6, 6.07) is -9.83. The van der Waals surface area contributed by atoms with E-state index < -0.39 is 234 Å². The summed E-state index contributed by atoms with van der Waals surface area (Å²) < 4.78 is 26.3. The normalized spacial score (nSPS) is 40.9. The van der Waals surface area contributed by atoms with Crippen LogP contribution in [0.15, 0.2) is 12.1 Å². The summed E-state index contributed by atoms with van der Waals surface area (Å²) >= 11 is 14.8. The minimum Gasteiger partial charge on any atom is -0.485 e. The van der Waals surface area contributed by atoms with E-state index in [0.717, 1.165) is 70.6 Å². The van der Waals surface area contributed by atoms with Gasteiger partial charge >= 0.3 is 0 Å². The maximum atomic E-state index is 16.5. The van der Waals surface area contributed by atoms with Crippen LogP contribution in [0, 0.1) is 71.0 Å². The molecule has 2 saturated heterocycles. The van der Waals surface area contributed by atoms with Gasteiger partial charge in [0.15, 0.2) is 11.5 Å². The number of aliphatic hydroxyl groups excluding tert-OH is 9. The average molecular weight is 1630 g/mol. The zero-order valence-electron chi connectivity index (χ0n) is 65.3. The third kappa shape index (κ3) is 19.9. The van der Waals surface area contributed by atoms with Crippen LogP contribution in [0.1, 0.15) is 193 Å². The van der Waals surface area contributed by atoms with Crippen molar-refractivity contribution in [2.24, 2.45) is 76.7 Å². The van der Waals surface area contributed by atoms with E-state index in [2.05, 4.69) is 54.8 Å². The van der Waals surface area contributed by atoms with Crippen LogP contribution < -0.4 is 67.8 Å². The predicted octanol–water partition coefficient (Wildman–Crippen LogP) is 0.451. The second-order valence-corrected chi connectivity index (χ2v) is 36.5. The smallest absolute Gasteiger partial charge is 0.247 e. The van der Waals surface area contributed by atoms with Gasteiger partial charge in [0.1, 0.15) is 72.9 Å². The predicted molar refractivity (Wildman–Crippen MR) is 411 cm³/mol. The van der Waals surface area contributed by atoms with Crippen molar-refractivity contribution in [3.63, 3.8) is 0 Å². The number of hydrogen-bond donors (Lipinski definition) is 19. The van der Waals surface area contributed by atoms with E-state index >= 15 is 28.8 Å². The number of likely N-dealkylation sites (N-methyl/N-ethyl adjacent to an activating group) is 1. The summed E-state index contributed by atoms with van der Waals surface area (Å²) in [4.78, 5) is 123. The molecule has 1 aromatic rings. The summed E-state index contributed by atoms with van der Waals surface area (Å²) in [5.74, 6) is -14.7. The maximum absolute atomic E-state index is 16.5. The molecule has 15 rings (SSSR count). The van der Waals surface area contributed by atoms with Crippen molar-refractivity contribution in [1.82, 2.24) is 47.9 Å². The summed E-state index contributed by atoms with van der Waals surface area (Å²) in [6.45, 7) is 5.78. The number of primary amides is 1. The fourth-order valence-corrected chi connectivity index (χ4v) is 22.1. The van der Waals surface area contributed by atoms with E-state index in [1.807, 2.05) is 13.8 Å². The summed E-state index contributed by atoms with van der Waals surface area (Å²) in [6.07, 6.45) is -6.67. The molecule has 6 heterocycles. The number of halogens is 2. The van der Waals surface area contributed by atoms with E-state index in [9.17, 15) is 55.5 Å². The molecule has 4 unspecified atom stereocenters. The first kappa shape index (κ1) is 86.8. The van der Waals surface area contributed by atoms with Crippen molar-refractivity contribution in [3.8, 4) is 17.2 Å². The Morgan fingerprint density at radius 1 is 0.602 bits per heavy atom. The highest BCUT2D eigenvalue weighted by atomic mass is 35.5. The van der Waals surface area contributed by atoms with Crippen molar-refractivity contribution < 1.29 is 103 Å². The van der Waals surface area contributed by atoms with Crippen molar-refractivity contribution in [2.75, 3.05) is 26.7 Å². The third-order valence-corrected chi connectivity index (χ3v) is 28.1. The maximum Gasteiger partial charge on any atom is 0.247 e. The van der Waals surface area contributed by atoms with Gasteiger partial charge < -0.3 is 118 Å². The lowest BCUT2D eigenvalue weighted by atomic mass is 9.54. The Bertz CT molecular complexity index is 3450. The van der Waals surface area contributed by atoms with Crippen LogP contribution in [0.3, 0.4) is 0 Å². The van der Waals surface area contributed by atoms with Gasteiger partial charge in [-0.25, -0.2) is 0 Å². The van der Waals surface area contributed by atoms with Crippen molar-refractivity contribution in [2.45, 2.75) is 314 Å². The molecule has 1 aromatic carbocycles. The number of carbonyl (C=O) groups excluding carboxylic acids is 8. The molecule has 10 fully saturated rings. The highest BCUT2D eigenvalue weighted by molar-refractivity contribution is 6.21. The number of nitrogens with two attached hydrogens (primary N) is 1. The SMILES string of the molecule is CCCCCCCCCCNCC1[C@H](O)C2C3C[C@H](CC[C@H]3O)[C@H]3NC(=O)[C@@H]4NC(=O)[C@H](CC(N)=O)NC(=O)[C@H](NC(=O)[C@@H](CC(C)C)NC)[C@H](O)[C@H]5CC[C@@H](Oc6cc4cc(c6O[C@@H]4O[C@H](CO)[C@@H](O)[C@H](O)[C@H]4O)O[C@@H]4CC[C@@H](C[C@@H]4Cl)[C@@H](O)[C@H](NC3=O)C(=O)N[C@H](C(=O)NC3C4CC6CC(C4)CC3C6)C2C[C@@H]1O)[C@H](Cl)C5. The number of benzene rings is 1. The van der Waals surface area contributed by atoms with Gasteiger partial charge in [0.2, 0.25) is 59.3 Å². The Hall–Kier alpha value is -5.52. The molecular weight excluding hydrogens is 1510 g/mol. The molecule has 14 aliphatic rings. The Kier molecular flexibility index (Phi) is 29.6. The molecule has 113 heavy (non-hydrogen) atoms. The molecule has 20 N–H and O–H groups in total. The fraction of sp³-hybridized carbons (Fsp3) is 0.825. The van der Waals surface area contributed by atoms with E-state index in [0.29, 0.717) is 18.4 Å². The zero-order chi connectivity index (χ0) is 81.0. The van der Waals surface area contributed by atoms with Crippen LogP contribution in [-0.4, -0.2) is 246 Å². The van der Waals surface area contributed by atoms with Crippen LogP contribution in [0.2, 0.25) is 0 Å². The van der Waals surface area contributed by atoms with E-state index in [1.165, 1.54) is 25.0 Å². The summed E-state index contributed by atoms with van der Waals surface area (Å²) in [5, 5.41) is 133. The summed E-state index contributed by atoms with van der Waals surface area (Å²) in [7, 11) is 1.54. The van der Waals surface area contributed by atoms with Gasteiger partial charge in [-0.15, -0.1) is 23.2 Å². The highest BCUT2D eigenvalue weighted by Gasteiger charge is 2.58. The van der Waals surface area contributed by atoms with Gasteiger partial charge in [0.05, 0.1) is 60.3 Å². The monoisotopic (exact) mass is 1630 g/mol. The molecule has 0 aromatic heterocycles. The van der Waals surface area contributed by atoms with E-state index in [4.69, 9.17) is 47.9 Å². The molecular formula is C80H124Cl2N10O21. The molecule has 8 saturated carbocycles. The molecule has 31 nitrogen and oxygen atoms in total. The topological polar surface area (TPSA) is 490 Å². The minimum absolute atomic E-state index is 0.00444. The molecule has 6 aliphatic heterocycles. The van der Waals surface area contributed by atoms with Crippen LogP contribution in [0.25, 0.3) is 0 Å². The average Bonchev–Trinajstić information content (AvgIpc) is 0.753. The number of hydrogen-bond acceptors (Lipinski definition) is 23. The standard InChI is InChI=1S/C80H124Cl2N10O21/c1-5-6-7-8-9-10-11-12-19-85-33-46-52(95)31-45-59(68(46)99)44-26-38(13-16-51(44)94)61-75(105)92-65(79(109)90-63(45)77(107)87-60-41-22-36-21-37(24-41)25-42(60)23-36)67(98)40-15-18-54(48(82)28-40)111-56-30-43-29-55(72(56)113-80-71(102)70(101)69(100)57(34-93)112-80)110-53-17-14-39(27-47(53)81)66(97)64(91-73(103)49(84-4)20-35(2)3)78(108)86-50(32-58(83)96)74(104)88-62(43)76(106)89-61/h29-30,35-42,44-54,57,59-71,80,84-85,93-95,97-102H,5-28,31-34H2,1-4H3,(H2,83,96)(H,86,108)(H,87,107)(H,88,104)(H,89,106)(H,90,109)(H,91,103)(H,92,105)/t36?,37?,38-,39-,40-,41?,42?,44?,45?,46?,47+,48-,49+,50-,51+,52-,53+,54+,57+,59?,60?,61+,62+,63-,64+,65-,66+,67+,68-,69+,70-,71+,80-/m0/s1. The van der Waals surface area contributed by atoms with E-state index in [-0.39, 0.29) is 118 Å². The van der Waals surface area contributed by atoms with Crippen LogP contribution in [0.5, 0.6) is 17.2 Å². The molecule has 33 heteroatoms. The molecule has 15 bridgehead atoms. The van der Waals surface area contributed by atoms with Gasteiger partial charge in [-0.2, -0.15) is 0 Å². The second kappa shape index (κ2) is 38.5. The number of fused-ring (bicyclic) bond motifs is 15. The highest BCUT2D eigenvalue weighted by Crippen LogP contribution is 2.55. The van der Waals surface area contributed by atoms with Crippen LogP contribution >= 0.6 is 23.2 Å². The number of aliphatic hydroxyl groups is 9. The number of ether oxygens (including phenoxy) is 4. The Labute approximate surface area is 670 Å². The molecule has 8 amide bonds. The number of alkyl halides is 2. The molecule has 0 spiro atoms. The van der Waals surface area contributed by atoms with Gasteiger partial charge in [-0.3, -0.25) is 38.4 Å². The molecule has 634 valence electrons. The Morgan fingerprint density at radius 2 is 1.20 bits per heavy atom. The van der Waals surface area contributed by atoms with Crippen LogP contribution in [-0.2, 0) is 43.1 Å². The number of carbonyl (C=O) groups is 8. The molecule has 28 atom stereocenters. The van der Waals surface area contributed by atoms with Gasteiger partial charge in [-0.1, -0.05) is 65.7 Å². The number of nitrogens with one attached hydrogen (secondary N) is 9. The second-order valence-electron chi connectivity index (χ2n) is 35.4. The quantitative estimate of drug-likeness (QED) is 0.0522. The first-order chi connectivity index (χ1) is 54.0. The lowest BCUT2D eigenvalue weighted by molar-refractivity contribution is -0.278. The van der Waals surface area contributed by atoms with Gasteiger partial charge in [-0.05, 0) is 206 Å². The zero-order valence-corrected chi connectivity index (χ0v) is 66.9.